The van der Waals surface area contributed by atoms with Crippen LogP contribution in [0.1, 0.15) is 76.3 Å². The minimum Gasteiger partial charge on any atom is -0.495 e. The Kier molecular flexibility index (Phi) is 17.0. The summed E-state index contributed by atoms with van der Waals surface area (Å²) in [5.74, 6) is 3.43. The molecule has 0 bridgehead atoms. The van der Waals surface area contributed by atoms with Crippen LogP contribution in [0.2, 0.25) is 0 Å². The number of rotatable bonds is 14. The molecule has 1 saturated heterocycles. The largest absolute Gasteiger partial charge is 0.495 e. The third kappa shape index (κ3) is 11.1. The zero-order valence-corrected chi connectivity index (χ0v) is 26.9. The Morgan fingerprint density at radius 3 is 2.10 bits per heavy atom. The van der Waals surface area contributed by atoms with Crippen molar-refractivity contribution in [2.24, 2.45) is 0 Å². The van der Waals surface area contributed by atoms with E-state index in [0.717, 1.165) is 43.4 Å². The van der Waals surface area contributed by atoms with Gasteiger partial charge in [0, 0.05) is 31.9 Å². The van der Waals surface area contributed by atoms with Crippen LogP contribution in [0, 0.1) is 0 Å². The molecule has 5 nitrogen and oxygen atoms in total. The lowest BCUT2D eigenvalue weighted by molar-refractivity contribution is -0.113. The fourth-order valence-electron chi connectivity index (χ4n) is 5.03. The highest BCUT2D eigenvalue weighted by Gasteiger charge is 2.19. The van der Waals surface area contributed by atoms with Gasteiger partial charge in [0.15, 0.2) is 0 Å². The number of anilines is 2. The Balaban J connectivity index is 0.00000380. The molecule has 1 heterocycles. The van der Waals surface area contributed by atoms with Gasteiger partial charge in [-0.3, -0.25) is 9.69 Å². The van der Waals surface area contributed by atoms with Gasteiger partial charge in [0.1, 0.15) is 5.75 Å². The Hall–Kier alpha value is -1.60. The number of nitrogens with one attached hydrogen (secondary N) is 1. The van der Waals surface area contributed by atoms with E-state index in [1.54, 1.807) is 18.9 Å². The first-order valence-electron chi connectivity index (χ1n) is 14.0. The van der Waals surface area contributed by atoms with Crippen LogP contribution in [-0.4, -0.2) is 62.1 Å². The molecule has 220 valence electrons. The second-order valence-corrected chi connectivity index (χ2v) is 11.7. The standard InChI is InChI=1S/C31H47N3O2S.2ClH/c1-24(2)26-13-12-14-27(25(3)4)31(26)32-30(35)23-37-22-11-7-6-10-17-33-18-20-34(21-19-33)28-15-8-9-16-29(28)36-5;;/h8-9,12-16,24-25H,6-7,10-11,17-23H2,1-5H3,(H,32,35);2*1H. The molecule has 0 aromatic heterocycles. The maximum absolute atomic E-state index is 12.7. The van der Waals surface area contributed by atoms with Crippen LogP contribution in [0.4, 0.5) is 11.4 Å². The van der Waals surface area contributed by atoms with Gasteiger partial charge in [-0.25, -0.2) is 0 Å². The van der Waals surface area contributed by atoms with Gasteiger partial charge in [-0.05, 0) is 60.2 Å². The second-order valence-electron chi connectivity index (χ2n) is 10.6. The minimum atomic E-state index is 0. The van der Waals surface area contributed by atoms with Crippen LogP contribution < -0.4 is 15.0 Å². The first-order valence-corrected chi connectivity index (χ1v) is 15.2. The van der Waals surface area contributed by atoms with E-state index in [1.807, 2.05) is 12.1 Å². The highest BCUT2D eigenvalue weighted by molar-refractivity contribution is 7.99. The Morgan fingerprint density at radius 2 is 1.49 bits per heavy atom. The summed E-state index contributed by atoms with van der Waals surface area (Å²) in [7, 11) is 1.75. The van der Waals surface area contributed by atoms with E-state index in [1.165, 1.54) is 49.0 Å². The van der Waals surface area contributed by atoms with Crippen LogP contribution in [0.25, 0.3) is 0 Å². The maximum Gasteiger partial charge on any atom is 0.234 e. The van der Waals surface area contributed by atoms with Crippen molar-refractivity contribution in [2.45, 2.75) is 65.2 Å². The molecule has 0 aliphatic carbocycles. The molecule has 8 heteroatoms. The molecule has 2 aromatic carbocycles. The van der Waals surface area contributed by atoms with Crippen LogP contribution in [0.5, 0.6) is 5.75 Å². The zero-order chi connectivity index (χ0) is 26.6. The molecule has 1 amide bonds. The summed E-state index contributed by atoms with van der Waals surface area (Å²) < 4.78 is 5.53. The maximum atomic E-state index is 12.7. The summed E-state index contributed by atoms with van der Waals surface area (Å²) in [5, 5.41) is 3.23. The van der Waals surface area contributed by atoms with Gasteiger partial charge >= 0.3 is 0 Å². The average Bonchev–Trinajstić information content (AvgIpc) is 2.90. The molecule has 0 unspecified atom stereocenters. The number of benzene rings is 2. The van der Waals surface area contributed by atoms with Crippen molar-refractivity contribution in [1.82, 2.24) is 4.90 Å². The number of nitrogens with zero attached hydrogens (tertiary/aromatic N) is 2. The van der Waals surface area contributed by atoms with E-state index in [0.29, 0.717) is 17.6 Å². The number of methoxy groups -OCH3 is 1. The number of hydrogen-bond donors (Lipinski definition) is 1. The predicted octanol–water partition coefficient (Wildman–Crippen LogP) is 7.84. The van der Waals surface area contributed by atoms with Gasteiger partial charge in [-0.1, -0.05) is 70.9 Å². The Labute approximate surface area is 253 Å². The molecule has 1 aliphatic rings. The van der Waals surface area contributed by atoms with Crippen molar-refractivity contribution in [3.63, 3.8) is 0 Å². The lowest BCUT2D eigenvalue weighted by Crippen LogP contribution is -2.46. The van der Waals surface area contributed by atoms with Crippen LogP contribution >= 0.6 is 36.6 Å². The smallest absolute Gasteiger partial charge is 0.234 e. The molecule has 3 rings (SSSR count). The molecule has 2 aromatic rings. The van der Waals surface area contributed by atoms with Crippen LogP contribution in [-0.2, 0) is 4.79 Å². The molecule has 39 heavy (non-hydrogen) atoms. The normalized spacial score (nSPS) is 13.7. The zero-order valence-electron chi connectivity index (χ0n) is 24.4. The summed E-state index contributed by atoms with van der Waals surface area (Å²) >= 11 is 1.76. The topological polar surface area (TPSA) is 44.8 Å². The van der Waals surface area contributed by atoms with Crippen molar-refractivity contribution in [3.8, 4) is 5.75 Å². The summed E-state index contributed by atoms with van der Waals surface area (Å²) in [6.07, 6.45) is 4.94. The number of para-hydroxylation sites is 3. The van der Waals surface area contributed by atoms with Crippen LogP contribution in [0.3, 0.4) is 0 Å². The van der Waals surface area contributed by atoms with Gasteiger partial charge < -0.3 is 15.0 Å². The molecular formula is C31H49Cl2N3O2S. The number of piperazine rings is 1. The van der Waals surface area contributed by atoms with E-state index >= 15 is 0 Å². The van der Waals surface area contributed by atoms with E-state index in [-0.39, 0.29) is 30.7 Å². The van der Waals surface area contributed by atoms with E-state index in [9.17, 15) is 4.79 Å². The van der Waals surface area contributed by atoms with Crippen molar-refractivity contribution in [1.29, 1.82) is 0 Å². The number of carbonyl (C=O) groups is 1. The van der Waals surface area contributed by atoms with Crippen LogP contribution in [0.15, 0.2) is 42.5 Å². The molecule has 0 saturated carbocycles. The number of amides is 1. The number of ether oxygens (including phenoxy) is 1. The minimum absolute atomic E-state index is 0. The van der Waals surface area contributed by atoms with E-state index in [4.69, 9.17) is 4.74 Å². The summed E-state index contributed by atoms with van der Waals surface area (Å²) in [6.45, 7) is 14.3. The fraction of sp³-hybridized carbons (Fsp3) is 0.581. The van der Waals surface area contributed by atoms with Gasteiger partial charge in [0.05, 0.1) is 18.6 Å². The summed E-state index contributed by atoms with van der Waals surface area (Å²) in [5.41, 5.74) is 4.69. The fourth-order valence-corrected chi connectivity index (χ4v) is 5.84. The van der Waals surface area contributed by atoms with Gasteiger partial charge in [0.25, 0.3) is 0 Å². The number of unbranched alkanes of at least 4 members (excludes halogenated alkanes) is 3. The first-order chi connectivity index (χ1) is 17.9. The number of hydrogen-bond acceptors (Lipinski definition) is 5. The van der Waals surface area contributed by atoms with E-state index < -0.39 is 0 Å². The Bertz CT molecular complexity index is 956. The Morgan fingerprint density at radius 1 is 0.872 bits per heavy atom. The molecule has 1 N–H and O–H groups in total. The molecule has 0 radical (unpaired) electrons. The average molecular weight is 599 g/mol. The molecule has 1 aliphatic heterocycles. The summed E-state index contributed by atoms with van der Waals surface area (Å²) in [6, 6.07) is 14.7. The first kappa shape index (κ1) is 35.4. The van der Waals surface area contributed by atoms with Gasteiger partial charge in [-0.2, -0.15) is 11.8 Å². The van der Waals surface area contributed by atoms with Crippen molar-refractivity contribution in [2.75, 3.05) is 61.6 Å². The lowest BCUT2D eigenvalue weighted by atomic mass is 9.92. The monoisotopic (exact) mass is 597 g/mol. The highest BCUT2D eigenvalue weighted by Crippen LogP contribution is 2.32. The number of carbonyl (C=O) groups excluding carboxylic acids is 1. The number of thioether (sulfide) groups is 1. The molecule has 0 spiro atoms. The van der Waals surface area contributed by atoms with Gasteiger partial charge in [-0.15, -0.1) is 24.8 Å². The molecule has 0 atom stereocenters. The highest BCUT2D eigenvalue weighted by atomic mass is 35.5. The predicted molar refractivity (Wildman–Crippen MR) is 175 cm³/mol. The van der Waals surface area contributed by atoms with Crippen molar-refractivity contribution in [3.05, 3.63) is 53.6 Å². The van der Waals surface area contributed by atoms with Crippen molar-refractivity contribution < 1.29 is 9.53 Å². The third-order valence-electron chi connectivity index (χ3n) is 7.18. The van der Waals surface area contributed by atoms with Gasteiger partial charge in [0.2, 0.25) is 5.91 Å². The molecular weight excluding hydrogens is 549 g/mol. The lowest BCUT2D eigenvalue weighted by Gasteiger charge is -2.36. The number of halogens is 2. The quantitative estimate of drug-likeness (QED) is 0.225. The SMILES string of the molecule is COc1ccccc1N1CCN(CCCCCCSCC(=O)Nc2c(C(C)C)cccc2C(C)C)CC1.Cl.Cl. The van der Waals surface area contributed by atoms with E-state index in [2.05, 4.69) is 73.1 Å². The molecule has 1 fully saturated rings. The third-order valence-corrected chi connectivity index (χ3v) is 8.23. The summed E-state index contributed by atoms with van der Waals surface area (Å²) in [4.78, 5) is 17.7. The second kappa shape index (κ2) is 18.7. The van der Waals surface area contributed by atoms with Crippen molar-refractivity contribution >= 4 is 53.9 Å².